The van der Waals surface area contributed by atoms with E-state index in [1.54, 1.807) is 11.0 Å². The van der Waals surface area contributed by atoms with Crippen LogP contribution in [0.25, 0.3) is 0 Å². The van der Waals surface area contributed by atoms with Crippen LogP contribution in [0.4, 0.5) is 0 Å². The topological polar surface area (TPSA) is 67.9 Å². The SMILES string of the molecule is CCCCNC(=O)[C@@H](Cc1ccccc1)N(Cc1cccc(Cl)c1)C(=O)CCc1ccc2c(c1)OCCO2. The number of hydrogen-bond donors (Lipinski definition) is 1. The summed E-state index contributed by atoms with van der Waals surface area (Å²) in [6.07, 6.45) is 3.07. The Morgan fingerprint density at radius 3 is 2.45 bits per heavy atom. The van der Waals surface area contributed by atoms with Crippen LogP contribution >= 0.6 is 11.6 Å². The number of hydrogen-bond acceptors (Lipinski definition) is 4. The van der Waals surface area contributed by atoms with Crippen LogP contribution in [0.5, 0.6) is 11.5 Å². The Labute approximate surface area is 229 Å². The van der Waals surface area contributed by atoms with Gasteiger partial charge in [0.2, 0.25) is 11.8 Å². The predicted octanol–water partition coefficient (Wildman–Crippen LogP) is 5.60. The average Bonchev–Trinajstić information content (AvgIpc) is 2.94. The molecule has 0 saturated heterocycles. The van der Waals surface area contributed by atoms with Crippen molar-refractivity contribution in [2.75, 3.05) is 19.8 Å². The highest BCUT2D eigenvalue weighted by Crippen LogP contribution is 2.31. The van der Waals surface area contributed by atoms with E-state index in [4.69, 9.17) is 21.1 Å². The summed E-state index contributed by atoms with van der Waals surface area (Å²) in [5.74, 6) is 1.19. The normalized spacial score (nSPS) is 13.0. The van der Waals surface area contributed by atoms with E-state index in [-0.39, 0.29) is 18.2 Å². The number of halogens is 1. The van der Waals surface area contributed by atoms with Gasteiger partial charge in [0, 0.05) is 31.0 Å². The summed E-state index contributed by atoms with van der Waals surface area (Å²) < 4.78 is 11.3. The molecule has 0 spiro atoms. The zero-order valence-electron chi connectivity index (χ0n) is 21.8. The second-order valence-corrected chi connectivity index (χ2v) is 9.92. The van der Waals surface area contributed by atoms with Crippen LogP contribution in [-0.2, 0) is 29.0 Å². The van der Waals surface area contributed by atoms with Gasteiger partial charge in [0.05, 0.1) is 0 Å². The summed E-state index contributed by atoms with van der Waals surface area (Å²) in [6.45, 7) is 4.00. The number of aryl methyl sites for hydroxylation is 1. The molecule has 0 aromatic heterocycles. The van der Waals surface area contributed by atoms with Gasteiger partial charge in [-0.3, -0.25) is 9.59 Å². The summed E-state index contributed by atoms with van der Waals surface area (Å²) in [7, 11) is 0. The molecule has 0 fully saturated rings. The van der Waals surface area contributed by atoms with Gasteiger partial charge in [-0.2, -0.15) is 0 Å². The molecule has 3 aromatic carbocycles. The fourth-order valence-electron chi connectivity index (χ4n) is 4.53. The molecule has 2 amide bonds. The molecule has 7 heteroatoms. The first-order valence-corrected chi connectivity index (χ1v) is 13.7. The van der Waals surface area contributed by atoms with Crippen LogP contribution in [-0.4, -0.2) is 42.5 Å². The molecule has 0 radical (unpaired) electrons. The van der Waals surface area contributed by atoms with Gasteiger partial charge in [0.15, 0.2) is 11.5 Å². The van der Waals surface area contributed by atoms with Crippen LogP contribution < -0.4 is 14.8 Å². The standard InChI is InChI=1S/C31H35ClN2O4/c1-2-3-16-33-31(36)27(20-23-8-5-4-6-9-23)34(22-25-10-7-11-26(32)19-25)30(35)15-13-24-12-14-28-29(21-24)38-18-17-37-28/h4-12,14,19,21,27H,2-3,13,15-18,20,22H2,1H3,(H,33,36)/t27-/m1/s1. The lowest BCUT2D eigenvalue weighted by atomic mass is 10.0. The quantitative estimate of drug-likeness (QED) is 0.307. The van der Waals surface area contributed by atoms with E-state index in [2.05, 4.69) is 12.2 Å². The lowest BCUT2D eigenvalue weighted by Gasteiger charge is -2.32. The van der Waals surface area contributed by atoms with Crippen molar-refractivity contribution in [3.05, 3.63) is 94.5 Å². The minimum absolute atomic E-state index is 0.0913. The maximum absolute atomic E-state index is 13.8. The number of carbonyl (C=O) groups excluding carboxylic acids is 2. The van der Waals surface area contributed by atoms with Crippen molar-refractivity contribution in [3.8, 4) is 11.5 Å². The van der Waals surface area contributed by atoms with E-state index in [9.17, 15) is 9.59 Å². The molecular formula is C31H35ClN2O4. The second kappa shape index (κ2) is 13.9. The molecule has 0 saturated carbocycles. The van der Waals surface area contributed by atoms with E-state index in [1.807, 2.05) is 66.7 Å². The van der Waals surface area contributed by atoms with Crippen molar-refractivity contribution in [3.63, 3.8) is 0 Å². The number of amides is 2. The molecule has 38 heavy (non-hydrogen) atoms. The monoisotopic (exact) mass is 534 g/mol. The molecule has 3 aromatic rings. The van der Waals surface area contributed by atoms with Gasteiger partial charge in [0.1, 0.15) is 19.3 Å². The average molecular weight is 535 g/mol. The molecule has 200 valence electrons. The van der Waals surface area contributed by atoms with E-state index < -0.39 is 6.04 Å². The first-order chi connectivity index (χ1) is 18.5. The number of fused-ring (bicyclic) bond motifs is 1. The van der Waals surface area contributed by atoms with Crippen LogP contribution in [0.3, 0.4) is 0 Å². The number of unbranched alkanes of at least 4 members (excludes halogenated alkanes) is 1. The predicted molar refractivity (Wildman–Crippen MR) is 150 cm³/mol. The van der Waals surface area contributed by atoms with E-state index in [0.29, 0.717) is 49.9 Å². The van der Waals surface area contributed by atoms with Gasteiger partial charge >= 0.3 is 0 Å². The lowest BCUT2D eigenvalue weighted by Crippen LogP contribution is -2.50. The third kappa shape index (κ3) is 7.75. The number of rotatable bonds is 12. The van der Waals surface area contributed by atoms with Gasteiger partial charge in [-0.1, -0.05) is 73.5 Å². The number of nitrogens with one attached hydrogen (secondary N) is 1. The van der Waals surface area contributed by atoms with Crippen molar-refractivity contribution in [1.29, 1.82) is 0 Å². The van der Waals surface area contributed by atoms with Crippen molar-refractivity contribution >= 4 is 23.4 Å². The van der Waals surface area contributed by atoms with E-state index in [0.717, 1.165) is 35.3 Å². The van der Waals surface area contributed by atoms with Gasteiger partial charge in [0.25, 0.3) is 0 Å². The maximum atomic E-state index is 13.8. The van der Waals surface area contributed by atoms with E-state index >= 15 is 0 Å². The molecule has 6 nitrogen and oxygen atoms in total. The van der Waals surface area contributed by atoms with Gasteiger partial charge in [-0.05, 0) is 53.8 Å². The zero-order chi connectivity index (χ0) is 26.7. The molecular weight excluding hydrogens is 500 g/mol. The zero-order valence-corrected chi connectivity index (χ0v) is 22.6. The number of benzene rings is 3. The summed E-state index contributed by atoms with van der Waals surface area (Å²) in [5, 5.41) is 3.65. The smallest absolute Gasteiger partial charge is 0.243 e. The molecule has 1 atom stereocenters. The summed E-state index contributed by atoms with van der Waals surface area (Å²) in [5.41, 5.74) is 2.86. The number of nitrogens with zero attached hydrogens (tertiary/aromatic N) is 1. The minimum Gasteiger partial charge on any atom is -0.486 e. The molecule has 4 rings (SSSR count). The first kappa shape index (κ1) is 27.5. The maximum Gasteiger partial charge on any atom is 0.243 e. The minimum atomic E-state index is -0.652. The van der Waals surface area contributed by atoms with Crippen molar-refractivity contribution in [2.45, 2.75) is 51.6 Å². The highest BCUT2D eigenvalue weighted by atomic mass is 35.5. The Bertz CT molecular complexity index is 1220. The second-order valence-electron chi connectivity index (χ2n) is 9.48. The van der Waals surface area contributed by atoms with Crippen molar-refractivity contribution in [2.24, 2.45) is 0 Å². The van der Waals surface area contributed by atoms with Gasteiger partial charge in [-0.25, -0.2) is 0 Å². The Morgan fingerprint density at radius 2 is 1.68 bits per heavy atom. The third-order valence-corrected chi connectivity index (χ3v) is 6.81. The molecule has 0 bridgehead atoms. The molecule has 1 aliphatic rings. The van der Waals surface area contributed by atoms with Crippen LogP contribution in [0.15, 0.2) is 72.8 Å². The lowest BCUT2D eigenvalue weighted by molar-refractivity contribution is -0.141. The van der Waals surface area contributed by atoms with Crippen LogP contribution in [0, 0.1) is 0 Å². The Hall–Kier alpha value is -3.51. The highest BCUT2D eigenvalue weighted by molar-refractivity contribution is 6.30. The largest absolute Gasteiger partial charge is 0.486 e. The molecule has 0 unspecified atom stereocenters. The van der Waals surface area contributed by atoms with Gasteiger partial charge < -0.3 is 19.7 Å². The molecule has 1 aliphatic heterocycles. The van der Waals surface area contributed by atoms with E-state index in [1.165, 1.54) is 0 Å². The van der Waals surface area contributed by atoms with Crippen LogP contribution in [0.2, 0.25) is 5.02 Å². The van der Waals surface area contributed by atoms with Crippen molar-refractivity contribution < 1.29 is 19.1 Å². The fraction of sp³-hybridized carbons (Fsp3) is 0.355. The third-order valence-electron chi connectivity index (χ3n) is 6.58. The Kier molecular flexibility index (Phi) is 10.0. The Balaban J connectivity index is 1.57. The Morgan fingerprint density at radius 1 is 0.921 bits per heavy atom. The van der Waals surface area contributed by atoms with Crippen molar-refractivity contribution in [1.82, 2.24) is 10.2 Å². The van der Waals surface area contributed by atoms with Gasteiger partial charge in [-0.15, -0.1) is 0 Å². The fourth-order valence-corrected chi connectivity index (χ4v) is 4.74. The number of ether oxygens (including phenoxy) is 2. The summed E-state index contributed by atoms with van der Waals surface area (Å²) in [6, 6.07) is 22.4. The van der Waals surface area contributed by atoms with Crippen LogP contribution in [0.1, 0.15) is 42.9 Å². The molecule has 0 aliphatic carbocycles. The number of carbonyl (C=O) groups is 2. The molecule has 1 heterocycles. The summed E-state index contributed by atoms with van der Waals surface area (Å²) >= 11 is 6.26. The first-order valence-electron chi connectivity index (χ1n) is 13.3. The summed E-state index contributed by atoms with van der Waals surface area (Å²) in [4.78, 5) is 29.0. The molecule has 1 N–H and O–H groups in total. The highest BCUT2D eigenvalue weighted by Gasteiger charge is 2.30.